The lowest BCUT2D eigenvalue weighted by molar-refractivity contribution is -0.134. The number of imide groups is 1. The maximum absolute atomic E-state index is 13.3. The molecule has 0 bridgehead atoms. The Balaban J connectivity index is 1.63. The largest absolute Gasteiger partial charge is 0.452 e. The van der Waals surface area contributed by atoms with Crippen LogP contribution in [0.2, 0.25) is 0 Å². The molecule has 3 rings (SSSR count). The fourth-order valence-electron chi connectivity index (χ4n) is 3.02. The van der Waals surface area contributed by atoms with Crippen LogP contribution in [0.25, 0.3) is 0 Å². The number of likely N-dealkylation sites (N-methyl/N-ethyl adjacent to an activating group) is 1. The van der Waals surface area contributed by atoms with Crippen LogP contribution in [-0.4, -0.2) is 53.7 Å². The first-order valence-electron chi connectivity index (χ1n) is 8.97. The molecule has 29 heavy (non-hydrogen) atoms. The number of fused-ring (bicyclic) bond motifs is 1. The predicted molar refractivity (Wildman–Crippen MR) is 101 cm³/mol. The zero-order valence-corrected chi connectivity index (χ0v) is 16.0. The van der Waals surface area contributed by atoms with Crippen molar-refractivity contribution in [2.45, 2.75) is 13.5 Å². The molecular formula is C21H19FN2O5. The Morgan fingerprint density at radius 3 is 2.48 bits per heavy atom. The molecule has 8 heteroatoms. The monoisotopic (exact) mass is 398 g/mol. The Kier molecular flexibility index (Phi) is 5.72. The summed E-state index contributed by atoms with van der Waals surface area (Å²) >= 11 is 0. The van der Waals surface area contributed by atoms with Crippen molar-refractivity contribution in [2.24, 2.45) is 0 Å². The number of nitrogens with zero attached hydrogens (tertiary/aromatic N) is 2. The van der Waals surface area contributed by atoms with Gasteiger partial charge in [0.05, 0.1) is 16.7 Å². The average Bonchev–Trinajstić information content (AvgIpc) is 2.93. The summed E-state index contributed by atoms with van der Waals surface area (Å²) in [6.07, 6.45) is 0. The number of carbonyl (C=O) groups excluding carboxylic acids is 4. The fourth-order valence-corrected chi connectivity index (χ4v) is 3.02. The van der Waals surface area contributed by atoms with Gasteiger partial charge >= 0.3 is 5.97 Å². The maximum Gasteiger partial charge on any atom is 0.338 e. The molecule has 0 unspecified atom stereocenters. The second kappa shape index (κ2) is 8.22. The SMILES string of the molecule is CCN(Cc1cccc(F)c1)C(=O)COC(=O)c1ccc2c(c1)C(=O)N(C)C2=O. The van der Waals surface area contributed by atoms with Gasteiger partial charge in [-0.05, 0) is 42.8 Å². The average molecular weight is 398 g/mol. The molecule has 7 nitrogen and oxygen atoms in total. The molecule has 0 spiro atoms. The zero-order valence-electron chi connectivity index (χ0n) is 16.0. The molecular weight excluding hydrogens is 379 g/mol. The lowest BCUT2D eigenvalue weighted by Gasteiger charge is -2.21. The van der Waals surface area contributed by atoms with E-state index in [9.17, 15) is 23.6 Å². The van der Waals surface area contributed by atoms with Crippen LogP contribution in [0.5, 0.6) is 0 Å². The van der Waals surface area contributed by atoms with Gasteiger partial charge in [0.1, 0.15) is 5.82 Å². The standard InChI is InChI=1S/C21H19FN2O5/c1-3-24(11-13-5-4-6-15(22)9-13)18(25)12-29-21(28)14-7-8-16-17(10-14)20(27)23(2)19(16)26/h4-10H,3,11-12H2,1-2H3. The summed E-state index contributed by atoms with van der Waals surface area (Å²) in [6, 6.07) is 9.96. The van der Waals surface area contributed by atoms with Crippen LogP contribution >= 0.6 is 0 Å². The maximum atomic E-state index is 13.3. The Morgan fingerprint density at radius 1 is 1.07 bits per heavy atom. The van der Waals surface area contributed by atoms with E-state index >= 15 is 0 Å². The van der Waals surface area contributed by atoms with Crippen LogP contribution in [0.1, 0.15) is 43.6 Å². The number of esters is 1. The fraction of sp³-hybridized carbons (Fsp3) is 0.238. The molecule has 1 aliphatic heterocycles. The van der Waals surface area contributed by atoms with Gasteiger partial charge in [-0.3, -0.25) is 19.3 Å². The topological polar surface area (TPSA) is 84.0 Å². The summed E-state index contributed by atoms with van der Waals surface area (Å²) in [4.78, 5) is 51.0. The molecule has 0 atom stereocenters. The minimum Gasteiger partial charge on any atom is -0.452 e. The van der Waals surface area contributed by atoms with E-state index in [2.05, 4.69) is 0 Å². The van der Waals surface area contributed by atoms with E-state index in [1.54, 1.807) is 19.1 Å². The van der Waals surface area contributed by atoms with Crippen molar-refractivity contribution in [1.82, 2.24) is 9.80 Å². The highest BCUT2D eigenvalue weighted by molar-refractivity contribution is 6.21. The molecule has 0 saturated carbocycles. The number of hydrogen-bond donors (Lipinski definition) is 0. The van der Waals surface area contributed by atoms with Crippen molar-refractivity contribution in [3.63, 3.8) is 0 Å². The Hall–Kier alpha value is -3.55. The Labute approximate surface area is 166 Å². The molecule has 1 aliphatic rings. The first kappa shape index (κ1) is 20.2. The molecule has 3 amide bonds. The van der Waals surface area contributed by atoms with Crippen molar-refractivity contribution in [3.8, 4) is 0 Å². The Morgan fingerprint density at radius 2 is 1.79 bits per heavy atom. The van der Waals surface area contributed by atoms with Crippen molar-refractivity contribution >= 4 is 23.7 Å². The molecule has 0 radical (unpaired) electrons. The number of carbonyl (C=O) groups is 4. The lowest BCUT2D eigenvalue weighted by atomic mass is 10.1. The smallest absolute Gasteiger partial charge is 0.338 e. The molecule has 150 valence electrons. The lowest BCUT2D eigenvalue weighted by Crippen LogP contribution is -2.34. The van der Waals surface area contributed by atoms with E-state index in [0.29, 0.717) is 12.1 Å². The number of ether oxygens (including phenoxy) is 1. The highest BCUT2D eigenvalue weighted by Crippen LogP contribution is 2.23. The van der Waals surface area contributed by atoms with Crippen molar-refractivity contribution in [1.29, 1.82) is 0 Å². The molecule has 1 heterocycles. The van der Waals surface area contributed by atoms with Crippen molar-refractivity contribution < 1.29 is 28.3 Å². The molecule has 0 N–H and O–H groups in total. The van der Waals surface area contributed by atoms with E-state index < -0.39 is 36.1 Å². The van der Waals surface area contributed by atoms with Crippen LogP contribution in [0.15, 0.2) is 42.5 Å². The van der Waals surface area contributed by atoms with Gasteiger partial charge in [-0.1, -0.05) is 12.1 Å². The van der Waals surface area contributed by atoms with E-state index in [-0.39, 0.29) is 23.2 Å². The number of amides is 3. The third-order valence-corrected chi connectivity index (χ3v) is 4.65. The summed E-state index contributed by atoms with van der Waals surface area (Å²) < 4.78 is 18.4. The van der Waals surface area contributed by atoms with Crippen molar-refractivity contribution in [2.75, 3.05) is 20.2 Å². The Bertz CT molecular complexity index is 1000. The molecule has 0 aromatic heterocycles. The van der Waals surface area contributed by atoms with Crippen LogP contribution in [0, 0.1) is 5.82 Å². The summed E-state index contributed by atoms with van der Waals surface area (Å²) in [5.74, 6) is -2.54. The first-order valence-corrected chi connectivity index (χ1v) is 8.97. The summed E-state index contributed by atoms with van der Waals surface area (Å²) in [7, 11) is 1.36. The summed E-state index contributed by atoms with van der Waals surface area (Å²) in [6.45, 7) is 1.81. The third kappa shape index (κ3) is 4.16. The van der Waals surface area contributed by atoms with Gasteiger partial charge in [0.15, 0.2) is 6.61 Å². The van der Waals surface area contributed by atoms with Crippen LogP contribution < -0.4 is 0 Å². The van der Waals surface area contributed by atoms with Crippen LogP contribution in [-0.2, 0) is 16.1 Å². The third-order valence-electron chi connectivity index (χ3n) is 4.65. The van der Waals surface area contributed by atoms with E-state index in [4.69, 9.17) is 4.74 Å². The van der Waals surface area contributed by atoms with Gasteiger partial charge in [0.2, 0.25) is 0 Å². The van der Waals surface area contributed by atoms with E-state index in [0.717, 1.165) is 4.90 Å². The zero-order chi connectivity index (χ0) is 21.1. The van der Waals surface area contributed by atoms with Crippen LogP contribution in [0.4, 0.5) is 4.39 Å². The van der Waals surface area contributed by atoms with Crippen molar-refractivity contribution in [3.05, 3.63) is 70.5 Å². The highest BCUT2D eigenvalue weighted by atomic mass is 19.1. The first-order chi connectivity index (χ1) is 13.8. The second-order valence-corrected chi connectivity index (χ2v) is 6.54. The van der Waals surface area contributed by atoms with Gasteiger partial charge in [-0.25, -0.2) is 9.18 Å². The normalized spacial score (nSPS) is 12.7. The minimum absolute atomic E-state index is 0.0705. The van der Waals surface area contributed by atoms with Gasteiger partial charge in [0.25, 0.3) is 17.7 Å². The van der Waals surface area contributed by atoms with E-state index in [1.807, 2.05) is 0 Å². The predicted octanol–water partition coefficient (Wildman–Crippen LogP) is 2.26. The molecule has 2 aromatic rings. The molecule has 0 fully saturated rings. The molecule has 0 aliphatic carbocycles. The number of hydrogen-bond acceptors (Lipinski definition) is 5. The summed E-state index contributed by atoms with van der Waals surface area (Å²) in [5, 5.41) is 0. The number of halogens is 1. The second-order valence-electron chi connectivity index (χ2n) is 6.54. The molecule has 0 saturated heterocycles. The van der Waals surface area contributed by atoms with E-state index in [1.165, 1.54) is 42.3 Å². The van der Waals surface area contributed by atoms with Gasteiger partial charge in [-0.15, -0.1) is 0 Å². The summed E-state index contributed by atoms with van der Waals surface area (Å²) in [5.41, 5.74) is 1.04. The molecule has 2 aromatic carbocycles. The highest BCUT2D eigenvalue weighted by Gasteiger charge is 2.33. The minimum atomic E-state index is -0.780. The van der Waals surface area contributed by atoms with Gasteiger partial charge < -0.3 is 9.64 Å². The van der Waals surface area contributed by atoms with Gasteiger partial charge in [-0.2, -0.15) is 0 Å². The van der Waals surface area contributed by atoms with Gasteiger partial charge in [0, 0.05) is 20.1 Å². The number of rotatable bonds is 6. The van der Waals surface area contributed by atoms with Crippen LogP contribution in [0.3, 0.4) is 0 Å². The number of benzene rings is 2. The quantitative estimate of drug-likeness (QED) is 0.551.